The predicted molar refractivity (Wildman–Crippen MR) is 106 cm³/mol. The van der Waals surface area contributed by atoms with Crippen LogP contribution in [-0.4, -0.2) is 24.9 Å². The van der Waals surface area contributed by atoms with Gasteiger partial charge in [0.2, 0.25) is 0 Å². The van der Waals surface area contributed by atoms with E-state index < -0.39 is 0 Å². The summed E-state index contributed by atoms with van der Waals surface area (Å²) in [6.45, 7) is 6.56. The van der Waals surface area contributed by atoms with Gasteiger partial charge in [0.1, 0.15) is 5.75 Å². The van der Waals surface area contributed by atoms with Crippen LogP contribution in [-0.2, 0) is 10.2 Å². The molecule has 0 aliphatic heterocycles. The number of Topliss-reactive ketones (excluding diaryl/α,β-unsaturated/α-hetero) is 1. The number of ketones is 1. The second kappa shape index (κ2) is 8.72. The van der Waals surface area contributed by atoms with Gasteiger partial charge in [-0.2, -0.15) is 5.10 Å². The first-order valence-electron chi connectivity index (χ1n) is 8.08. The lowest BCUT2D eigenvalue weighted by molar-refractivity contribution is -0.110. The average molecular weight is 356 g/mol. The normalized spacial score (nSPS) is 11.5. The van der Waals surface area contributed by atoms with Gasteiger partial charge in [0, 0.05) is 4.90 Å². The molecule has 0 spiro atoms. The lowest BCUT2D eigenvalue weighted by atomic mass is 9.87. The van der Waals surface area contributed by atoms with Gasteiger partial charge in [-0.1, -0.05) is 32.9 Å². The van der Waals surface area contributed by atoms with E-state index in [1.165, 1.54) is 23.5 Å². The van der Waals surface area contributed by atoms with Crippen LogP contribution in [0.1, 0.15) is 26.3 Å². The molecule has 5 heteroatoms. The molecule has 0 aliphatic rings. The Hall–Kier alpha value is -2.27. The number of hydrazone groups is 1. The van der Waals surface area contributed by atoms with Gasteiger partial charge in [-0.3, -0.25) is 10.2 Å². The maximum absolute atomic E-state index is 11.9. The molecule has 0 fully saturated rings. The number of thioether (sulfide) groups is 1. The van der Waals surface area contributed by atoms with Gasteiger partial charge in [0.25, 0.3) is 0 Å². The van der Waals surface area contributed by atoms with Gasteiger partial charge in [-0.25, -0.2) is 0 Å². The van der Waals surface area contributed by atoms with Crippen molar-refractivity contribution >= 4 is 29.4 Å². The number of carbonyl (C=O) groups excluding carboxylic acids is 1. The maximum atomic E-state index is 11.9. The summed E-state index contributed by atoms with van der Waals surface area (Å²) in [6.07, 6.45) is 1.32. The highest BCUT2D eigenvalue weighted by Gasteiger charge is 2.12. The minimum absolute atomic E-state index is 0.0362. The third-order valence-electron chi connectivity index (χ3n) is 3.59. The molecule has 0 unspecified atom stereocenters. The Labute approximate surface area is 153 Å². The smallest absolute Gasteiger partial charge is 0.185 e. The lowest BCUT2D eigenvalue weighted by Crippen LogP contribution is -2.10. The fourth-order valence-corrected chi connectivity index (χ4v) is 2.80. The zero-order valence-electron chi connectivity index (χ0n) is 15.1. The van der Waals surface area contributed by atoms with E-state index in [0.717, 1.165) is 16.3 Å². The molecule has 0 aromatic heterocycles. The minimum atomic E-state index is -0.0362. The van der Waals surface area contributed by atoms with Crippen molar-refractivity contribution in [2.24, 2.45) is 5.10 Å². The van der Waals surface area contributed by atoms with Crippen LogP contribution in [0.15, 0.2) is 58.5 Å². The number of hydrogen-bond acceptors (Lipinski definition) is 5. The molecule has 0 heterocycles. The summed E-state index contributed by atoms with van der Waals surface area (Å²) < 4.78 is 5.09. The van der Waals surface area contributed by atoms with E-state index in [-0.39, 0.29) is 11.2 Å². The third kappa shape index (κ3) is 6.27. The van der Waals surface area contributed by atoms with Crippen LogP contribution in [0.25, 0.3) is 0 Å². The second-order valence-electron chi connectivity index (χ2n) is 6.63. The average Bonchev–Trinajstić information content (AvgIpc) is 2.60. The molecule has 2 aromatic carbocycles. The molecule has 4 nitrogen and oxygen atoms in total. The first-order valence-corrected chi connectivity index (χ1v) is 9.06. The summed E-state index contributed by atoms with van der Waals surface area (Å²) in [5.74, 6) is 1.10. The number of benzene rings is 2. The highest BCUT2D eigenvalue weighted by atomic mass is 32.2. The zero-order chi connectivity index (χ0) is 18.3. The van der Waals surface area contributed by atoms with Crippen LogP contribution in [0.2, 0.25) is 0 Å². The van der Waals surface area contributed by atoms with Crippen LogP contribution in [0, 0.1) is 0 Å². The number of carbonyl (C=O) groups is 1. The summed E-state index contributed by atoms with van der Waals surface area (Å²) >= 11 is 1.51. The van der Waals surface area contributed by atoms with Crippen molar-refractivity contribution in [3.8, 4) is 5.75 Å². The highest BCUT2D eigenvalue weighted by molar-refractivity contribution is 8.00. The lowest BCUT2D eigenvalue weighted by Gasteiger charge is -2.18. The monoisotopic (exact) mass is 356 g/mol. The van der Waals surface area contributed by atoms with Crippen LogP contribution >= 0.6 is 11.8 Å². The maximum Gasteiger partial charge on any atom is 0.185 e. The Morgan fingerprint density at radius 1 is 1.12 bits per heavy atom. The van der Waals surface area contributed by atoms with Crippen molar-refractivity contribution in [3.05, 3.63) is 54.1 Å². The van der Waals surface area contributed by atoms with E-state index >= 15 is 0 Å². The number of rotatable bonds is 7. The van der Waals surface area contributed by atoms with Crippen molar-refractivity contribution in [1.29, 1.82) is 0 Å². The van der Waals surface area contributed by atoms with Gasteiger partial charge in [-0.15, -0.1) is 11.8 Å². The number of methoxy groups -OCH3 is 1. The van der Waals surface area contributed by atoms with Gasteiger partial charge in [0.05, 0.1) is 24.8 Å². The van der Waals surface area contributed by atoms with Crippen molar-refractivity contribution in [1.82, 2.24) is 0 Å². The molecule has 132 valence electrons. The number of nitrogens with zero attached hydrogens (tertiary/aromatic N) is 1. The van der Waals surface area contributed by atoms with Gasteiger partial charge in [0.15, 0.2) is 5.78 Å². The molecule has 0 amide bonds. The van der Waals surface area contributed by atoms with Crippen molar-refractivity contribution < 1.29 is 9.53 Å². The van der Waals surface area contributed by atoms with Crippen molar-refractivity contribution in [3.63, 3.8) is 0 Å². The standard InChI is InChI=1S/C20H24N2O2S/c1-20(2,3)15-5-11-19(12-6-15)25-14-17(23)13-21-22-16-7-9-18(24-4)10-8-16/h5-13,22H,14H2,1-4H3. The third-order valence-corrected chi connectivity index (χ3v) is 4.63. The highest BCUT2D eigenvalue weighted by Crippen LogP contribution is 2.25. The number of hydrogen-bond donors (Lipinski definition) is 1. The summed E-state index contributed by atoms with van der Waals surface area (Å²) in [7, 11) is 1.62. The predicted octanol–water partition coefficient (Wildman–Crippen LogP) is 4.75. The largest absolute Gasteiger partial charge is 0.497 e. The first kappa shape index (κ1) is 19.1. The van der Waals surface area contributed by atoms with E-state index in [1.54, 1.807) is 7.11 Å². The molecule has 2 aromatic rings. The van der Waals surface area contributed by atoms with E-state index in [0.29, 0.717) is 5.75 Å². The molecule has 0 bridgehead atoms. The number of anilines is 1. The van der Waals surface area contributed by atoms with Crippen LogP contribution in [0.5, 0.6) is 5.75 Å². The summed E-state index contributed by atoms with van der Waals surface area (Å²) in [5, 5.41) is 3.98. The first-order chi connectivity index (χ1) is 11.9. The Bertz CT molecular complexity index is 717. The van der Waals surface area contributed by atoms with Gasteiger partial charge in [-0.05, 0) is 47.4 Å². The second-order valence-corrected chi connectivity index (χ2v) is 7.68. The summed E-state index contributed by atoms with van der Waals surface area (Å²) in [4.78, 5) is 13.0. The van der Waals surface area contributed by atoms with Crippen molar-refractivity contribution in [2.75, 3.05) is 18.3 Å². The van der Waals surface area contributed by atoms with Crippen LogP contribution in [0.4, 0.5) is 5.69 Å². The van der Waals surface area contributed by atoms with E-state index in [2.05, 4.69) is 55.6 Å². The van der Waals surface area contributed by atoms with E-state index in [4.69, 9.17) is 4.74 Å². The molecule has 2 rings (SSSR count). The molecule has 0 saturated carbocycles. The topological polar surface area (TPSA) is 50.7 Å². The van der Waals surface area contributed by atoms with Crippen LogP contribution < -0.4 is 10.2 Å². The Morgan fingerprint density at radius 3 is 2.32 bits per heavy atom. The quantitative estimate of drug-likeness (QED) is 0.442. The van der Waals surface area contributed by atoms with E-state index in [1.807, 2.05) is 24.3 Å². The fourth-order valence-electron chi connectivity index (χ4n) is 2.09. The van der Waals surface area contributed by atoms with Gasteiger partial charge < -0.3 is 4.74 Å². The Morgan fingerprint density at radius 2 is 1.76 bits per heavy atom. The molecule has 0 aliphatic carbocycles. The minimum Gasteiger partial charge on any atom is -0.497 e. The number of nitrogens with one attached hydrogen (secondary N) is 1. The van der Waals surface area contributed by atoms with Crippen molar-refractivity contribution in [2.45, 2.75) is 31.1 Å². The Balaban J connectivity index is 1.79. The summed E-state index contributed by atoms with van der Waals surface area (Å²) in [6, 6.07) is 15.7. The van der Waals surface area contributed by atoms with Crippen LogP contribution in [0.3, 0.4) is 0 Å². The molecule has 25 heavy (non-hydrogen) atoms. The summed E-state index contributed by atoms with van der Waals surface area (Å²) in [5.41, 5.74) is 5.06. The molecule has 0 atom stereocenters. The molecular formula is C20H24N2O2S. The van der Waals surface area contributed by atoms with Gasteiger partial charge >= 0.3 is 0 Å². The molecular weight excluding hydrogens is 332 g/mol. The number of ether oxygens (including phenoxy) is 1. The SMILES string of the molecule is COc1ccc(NN=CC(=O)CSc2ccc(C(C)(C)C)cc2)cc1. The molecule has 0 saturated heterocycles. The fraction of sp³-hybridized carbons (Fsp3) is 0.300. The Kier molecular flexibility index (Phi) is 6.65. The molecule has 0 radical (unpaired) electrons. The van der Waals surface area contributed by atoms with E-state index in [9.17, 15) is 4.79 Å². The molecule has 1 N–H and O–H groups in total. The zero-order valence-corrected chi connectivity index (χ0v) is 15.9.